The quantitative estimate of drug-likeness (QED) is 0.875. The summed E-state index contributed by atoms with van der Waals surface area (Å²) in [6, 6.07) is 4.25. The molecule has 4 nitrogen and oxygen atoms in total. The highest BCUT2D eigenvalue weighted by Gasteiger charge is 2.30. The van der Waals surface area contributed by atoms with E-state index in [1.165, 1.54) is 49.8 Å². The van der Waals surface area contributed by atoms with E-state index in [9.17, 15) is 0 Å². The number of nitrogens with zero attached hydrogens (tertiary/aromatic N) is 2. The van der Waals surface area contributed by atoms with Crippen LogP contribution in [0.25, 0.3) is 11.4 Å². The van der Waals surface area contributed by atoms with Gasteiger partial charge in [-0.1, -0.05) is 0 Å². The van der Waals surface area contributed by atoms with Crippen LogP contribution in [-0.2, 0) is 0 Å². The number of H-pyrrole nitrogens is 1. The topological polar surface area (TPSA) is 50.8 Å². The fraction of sp³-hybridized carbons (Fsp3) is 0.556. The Morgan fingerprint density at radius 1 is 1.00 bits per heavy atom. The van der Waals surface area contributed by atoms with Crippen molar-refractivity contribution in [1.29, 1.82) is 0 Å². The van der Waals surface area contributed by atoms with E-state index >= 15 is 0 Å². The average molecular weight is 295 g/mol. The number of hydrogen-bond donors (Lipinski definition) is 1. The highest BCUT2D eigenvalue weighted by Crippen LogP contribution is 2.45. The number of hydrogen-bond acceptors (Lipinski definition) is 3. The third-order valence-corrected chi connectivity index (χ3v) is 4.96. The van der Waals surface area contributed by atoms with Crippen molar-refractivity contribution in [2.45, 2.75) is 50.4 Å². The molecule has 4 heteroatoms. The third-order valence-electron chi connectivity index (χ3n) is 4.96. The second-order valence-corrected chi connectivity index (χ2v) is 7.12. The summed E-state index contributed by atoms with van der Waals surface area (Å²) in [6.07, 6.45) is 9.77. The minimum atomic E-state index is 0.664. The van der Waals surface area contributed by atoms with Crippen LogP contribution in [0.2, 0.25) is 0 Å². The molecular weight excluding hydrogens is 274 g/mol. The molecule has 0 unspecified atom stereocenters. The molecule has 0 spiro atoms. The molecule has 0 bridgehead atoms. The average Bonchev–Trinajstić information content (AvgIpc) is 3.41. The van der Waals surface area contributed by atoms with Crippen LogP contribution in [0.15, 0.2) is 18.3 Å². The Morgan fingerprint density at radius 2 is 1.82 bits per heavy atom. The zero-order valence-corrected chi connectivity index (χ0v) is 12.7. The van der Waals surface area contributed by atoms with Crippen molar-refractivity contribution in [2.75, 3.05) is 6.61 Å². The van der Waals surface area contributed by atoms with Gasteiger partial charge in [0, 0.05) is 29.4 Å². The Kier molecular flexibility index (Phi) is 2.79. The molecule has 3 aliphatic rings. The molecule has 0 aliphatic heterocycles. The van der Waals surface area contributed by atoms with E-state index in [1.54, 1.807) is 0 Å². The molecule has 0 amide bonds. The zero-order chi connectivity index (χ0) is 14.5. The summed E-state index contributed by atoms with van der Waals surface area (Å²) in [4.78, 5) is 4.64. The van der Waals surface area contributed by atoms with Crippen molar-refractivity contribution in [2.24, 2.45) is 5.92 Å². The largest absolute Gasteiger partial charge is 0.493 e. The summed E-state index contributed by atoms with van der Waals surface area (Å²) in [6.45, 7) is 0.858. The Balaban J connectivity index is 1.44. The molecular formula is C18H21N3O. The van der Waals surface area contributed by atoms with Crippen LogP contribution in [0.3, 0.4) is 0 Å². The van der Waals surface area contributed by atoms with Gasteiger partial charge in [0.2, 0.25) is 0 Å². The number of rotatable bonds is 6. The van der Waals surface area contributed by atoms with E-state index in [4.69, 9.17) is 4.74 Å². The van der Waals surface area contributed by atoms with Crippen molar-refractivity contribution in [3.05, 3.63) is 29.6 Å². The van der Waals surface area contributed by atoms with Gasteiger partial charge in [-0.2, -0.15) is 5.10 Å². The number of pyridine rings is 1. The van der Waals surface area contributed by atoms with E-state index in [1.807, 2.05) is 6.20 Å². The van der Waals surface area contributed by atoms with Crippen LogP contribution in [0, 0.1) is 5.92 Å². The molecule has 1 N–H and O–H groups in total. The maximum Gasteiger partial charge on any atom is 0.126 e. The predicted molar refractivity (Wildman–Crippen MR) is 84.0 cm³/mol. The van der Waals surface area contributed by atoms with Crippen LogP contribution >= 0.6 is 0 Å². The second kappa shape index (κ2) is 4.83. The summed E-state index contributed by atoms with van der Waals surface area (Å²) < 4.78 is 6.11. The lowest BCUT2D eigenvalue weighted by Crippen LogP contribution is -2.02. The van der Waals surface area contributed by atoms with Crippen molar-refractivity contribution >= 4 is 0 Å². The molecule has 3 aliphatic carbocycles. The Bertz CT molecular complexity index is 696. The molecule has 114 valence electrons. The molecule has 2 heterocycles. The lowest BCUT2D eigenvalue weighted by atomic mass is 10.1. The van der Waals surface area contributed by atoms with Gasteiger partial charge in [0.1, 0.15) is 11.4 Å². The van der Waals surface area contributed by atoms with Gasteiger partial charge in [0.15, 0.2) is 0 Å². The highest BCUT2D eigenvalue weighted by atomic mass is 16.5. The fourth-order valence-electron chi connectivity index (χ4n) is 2.98. The molecule has 5 rings (SSSR count). The Morgan fingerprint density at radius 3 is 2.55 bits per heavy atom. The van der Waals surface area contributed by atoms with Gasteiger partial charge in [0.05, 0.1) is 12.3 Å². The number of aromatic nitrogens is 3. The lowest BCUT2D eigenvalue weighted by Gasteiger charge is -2.11. The van der Waals surface area contributed by atoms with E-state index in [-0.39, 0.29) is 0 Å². The van der Waals surface area contributed by atoms with Gasteiger partial charge >= 0.3 is 0 Å². The lowest BCUT2D eigenvalue weighted by molar-refractivity contribution is 0.296. The van der Waals surface area contributed by atoms with Gasteiger partial charge in [-0.3, -0.25) is 10.1 Å². The van der Waals surface area contributed by atoms with E-state index in [0.717, 1.165) is 29.7 Å². The monoisotopic (exact) mass is 295 g/mol. The maximum atomic E-state index is 6.11. The van der Waals surface area contributed by atoms with Crippen LogP contribution < -0.4 is 4.74 Å². The van der Waals surface area contributed by atoms with Gasteiger partial charge in [-0.05, 0) is 56.4 Å². The molecule has 0 saturated heterocycles. The van der Waals surface area contributed by atoms with Crippen LogP contribution in [0.4, 0.5) is 0 Å². The third kappa shape index (κ3) is 2.51. The molecule has 0 radical (unpaired) electrons. The molecule has 22 heavy (non-hydrogen) atoms. The van der Waals surface area contributed by atoms with E-state index in [2.05, 4.69) is 27.3 Å². The smallest absolute Gasteiger partial charge is 0.126 e. The summed E-state index contributed by atoms with van der Waals surface area (Å²) in [5.74, 6) is 3.17. The van der Waals surface area contributed by atoms with E-state index < -0.39 is 0 Å². The number of nitrogens with one attached hydrogen (secondary N) is 1. The molecule has 3 saturated carbocycles. The van der Waals surface area contributed by atoms with E-state index in [0.29, 0.717) is 11.8 Å². The first-order chi connectivity index (χ1) is 10.9. The summed E-state index contributed by atoms with van der Waals surface area (Å²) >= 11 is 0. The van der Waals surface area contributed by atoms with Gasteiger partial charge in [0.25, 0.3) is 0 Å². The minimum Gasteiger partial charge on any atom is -0.493 e. The van der Waals surface area contributed by atoms with Crippen molar-refractivity contribution < 1.29 is 4.74 Å². The molecule has 0 aromatic carbocycles. The normalized spacial score (nSPS) is 21.1. The summed E-state index contributed by atoms with van der Waals surface area (Å²) in [5, 5.41) is 7.61. The molecule has 2 aromatic rings. The molecule has 2 aromatic heterocycles. The predicted octanol–water partition coefficient (Wildman–Crippen LogP) is 4.02. The first-order valence-electron chi connectivity index (χ1n) is 8.55. The van der Waals surface area contributed by atoms with Gasteiger partial charge in [-0.15, -0.1) is 0 Å². The van der Waals surface area contributed by atoms with Gasteiger partial charge in [-0.25, -0.2) is 0 Å². The number of ether oxygens (including phenoxy) is 1. The van der Waals surface area contributed by atoms with Crippen LogP contribution in [0.5, 0.6) is 5.75 Å². The van der Waals surface area contributed by atoms with Crippen molar-refractivity contribution in [1.82, 2.24) is 15.2 Å². The molecule has 3 fully saturated rings. The minimum absolute atomic E-state index is 0.664. The van der Waals surface area contributed by atoms with Crippen molar-refractivity contribution in [3.63, 3.8) is 0 Å². The first-order valence-corrected chi connectivity index (χ1v) is 8.55. The Labute approximate surface area is 130 Å². The SMILES string of the molecule is c1c(-c2cc(OCC3CC3)c(C3CC3)cn2)n[nH]c1C1CC1. The van der Waals surface area contributed by atoms with Crippen LogP contribution in [-0.4, -0.2) is 21.8 Å². The number of aromatic amines is 1. The Hall–Kier alpha value is -1.84. The maximum absolute atomic E-state index is 6.11. The molecule has 0 atom stereocenters. The zero-order valence-electron chi connectivity index (χ0n) is 12.7. The highest BCUT2D eigenvalue weighted by molar-refractivity contribution is 5.58. The van der Waals surface area contributed by atoms with Crippen molar-refractivity contribution in [3.8, 4) is 17.1 Å². The second-order valence-electron chi connectivity index (χ2n) is 7.12. The standard InChI is InChI=1S/C18H21N3O/c1-2-11(1)10-22-18-8-16(19-9-14(18)12-3-4-12)17-7-15(20-21-17)13-5-6-13/h7-9,11-13H,1-6,10H2,(H,20,21). The van der Waals surface area contributed by atoms with Crippen LogP contribution in [0.1, 0.15) is 61.6 Å². The fourth-order valence-corrected chi connectivity index (χ4v) is 2.98. The van der Waals surface area contributed by atoms with Gasteiger partial charge < -0.3 is 4.74 Å². The first kappa shape index (κ1) is 12.7. The summed E-state index contributed by atoms with van der Waals surface area (Å²) in [7, 11) is 0. The summed E-state index contributed by atoms with van der Waals surface area (Å²) in [5.41, 5.74) is 4.42.